The van der Waals surface area contributed by atoms with Gasteiger partial charge in [-0.25, -0.2) is 13.2 Å². The second-order valence-electron chi connectivity index (χ2n) is 5.61. The number of hydrogen-bond donors (Lipinski definition) is 1. The zero-order valence-corrected chi connectivity index (χ0v) is 10.1. The average Bonchev–Trinajstić information content (AvgIpc) is 2.64. The van der Waals surface area contributed by atoms with Crippen molar-refractivity contribution in [2.24, 2.45) is 0 Å². The molecule has 2 aliphatic rings. The highest BCUT2D eigenvalue weighted by Crippen LogP contribution is 2.39. The van der Waals surface area contributed by atoms with Crippen LogP contribution in [0.5, 0.6) is 0 Å². The number of hydrogen-bond acceptors (Lipinski definition) is 1. The second kappa shape index (κ2) is 4.26. The van der Waals surface area contributed by atoms with E-state index in [9.17, 15) is 13.2 Å². The fraction of sp³-hybridized carbons (Fsp3) is 0.571. The smallest absolute Gasteiger partial charge is 0.126 e. The molecule has 0 aliphatic carbocycles. The molecule has 1 aromatic carbocycles. The van der Waals surface area contributed by atoms with Gasteiger partial charge in [0.2, 0.25) is 0 Å². The summed E-state index contributed by atoms with van der Waals surface area (Å²) in [7, 11) is 0. The van der Waals surface area contributed by atoms with Gasteiger partial charge in [0.25, 0.3) is 0 Å². The predicted molar refractivity (Wildman–Crippen MR) is 63.1 cm³/mol. The van der Waals surface area contributed by atoms with Crippen molar-refractivity contribution in [2.75, 3.05) is 0 Å². The Balaban J connectivity index is 1.81. The van der Waals surface area contributed by atoms with Gasteiger partial charge in [0, 0.05) is 18.5 Å². The molecule has 2 heterocycles. The van der Waals surface area contributed by atoms with Gasteiger partial charge in [-0.15, -0.1) is 0 Å². The molecule has 4 heteroatoms. The van der Waals surface area contributed by atoms with E-state index in [1.807, 2.05) is 0 Å². The number of piperidine rings is 1. The number of alkyl halides is 1. The maximum atomic E-state index is 14.8. The molecule has 0 saturated carbocycles. The molecule has 3 rings (SSSR count). The molecular formula is C14H16F3N. The molecule has 18 heavy (non-hydrogen) atoms. The minimum atomic E-state index is -1.40. The molecule has 1 nitrogen and oxygen atoms in total. The van der Waals surface area contributed by atoms with Crippen molar-refractivity contribution in [2.45, 2.75) is 49.9 Å². The van der Waals surface area contributed by atoms with E-state index in [0.717, 1.165) is 31.0 Å². The molecule has 2 fully saturated rings. The van der Waals surface area contributed by atoms with Crippen molar-refractivity contribution in [1.29, 1.82) is 0 Å². The highest BCUT2D eigenvalue weighted by molar-refractivity contribution is 5.21. The summed E-state index contributed by atoms with van der Waals surface area (Å²) in [5, 5.41) is 3.35. The molecule has 98 valence electrons. The van der Waals surface area contributed by atoms with E-state index in [1.165, 1.54) is 0 Å². The summed E-state index contributed by atoms with van der Waals surface area (Å²) in [5.74, 6) is -1.02. The molecule has 0 spiro atoms. The molecule has 2 aliphatic heterocycles. The second-order valence-corrected chi connectivity index (χ2v) is 5.61. The van der Waals surface area contributed by atoms with Crippen LogP contribution < -0.4 is 5.32 Å². The van der Waals surface area contributed by atoms with Crippen molar-refractivity contribution < 1.29 is 13.2 Å². The number of halogens is 3. The summed E-state index contributed by atoms with van der Waals surface area (Å²) in [6.45, 7) is 0. The van der Waals surface area contributed by atoms with E-state index >= 15 is 0 Å². The van der Waals surface area contributed by atoms with Gasteiger partial charge in [0.05, 0.1) is 0 Å². The SMILES string of the molecule is Fc1ccc(F)c(CC2(F)CC3CCC(C2)N3)c1. The zero-order chi connectivity index (χ0) is 12.8. The Kier molecular flexibility index (Phi) is 2.85. The number of fused-ring (bicyclic) bond motifs is 2. The normalized spacial score (nSPS) is 34.8. The Morgan fingerprint density at radius 1 is 1.17 bits per heavy atom. The lowest BCUT2D eigenvalue weighted by Crippen LogP contribution is -2.47. The lowest BCUT2D eigenvalue weighted by molar-refractivity contribution is 0.0883. The van der Waals surface area contributed by atoms with Crippen LogP contribution in [0, 0.1) is 11.6 Å². The van der Waals surface area contributed by atoms with Crippen molar-refractivity contribution in [1.82, 2.24) is 5.32 Å². The van der Waals surface area contributed by atoms with Crippen molar-refractivity contribution in [3.05, 3.63) is 35.4 Å². The minimum absolute atomic E-state index is 0.0225. The zero-order valence-electron chi connectivity index (χ0n) is 10.1. The third-order valence-corrected chi connectivity index (χ3v) is 4.07. The number of rotatable bonds is 2. The molecule has 0 aromatic heterocycles. The van der Waals surface area contributed by atoms with E-state index in [0.29, 0.717) is 12.8 Å². The topological polar surface area (TPSA) is 12.0 Å². The summed E-state index contributed by atoms with van der Waals surface area (Å²) >= 11 is 0. The third kappa shape index (κ3) is 2.26. The van der Waals surface area contributed by atoms with Gasteiger partial charge in [0.1, 0.15) is 17.3 Å². The van der Waals surface area contributed by atoms with E-state index in [2.05, 4.69) is 5.32 Å². The van der Waals surface area contributed by atoms with Gasteiger partial charge >= 0.3 is 0 Å². The van der Waals surface area contributed by atoms with Crippen LogP contribution in [0.3, 0.4) is 0 Å². The van der Waals surface area contributed by atoms with Gasteiger partial charge in [-0.2, -0.15) is 0 Å². The van der Waals surface area contributed by atoms with Gasteiger partial charge < -0.3 is 5.32 Å². The Labute approximate surface area is 104 Å². The highest BCUT2D eigenvalue weighted by atomic mass is 19.1. The fourth-order valence-electron chi connectivity index (χ4n) is 3.36. The first-order valence-electron chi connectivity index (χ1n) is 6.43. The van der Waals surface area contributed by atoms with Gasteiger partial charge in [-0.3, -0.25) is 0 Å². The maximum absolute atomic E-state index is 14.8. The summed E-state index contributed by atoms with van der Waals surface area (Å²) < 4.78 is 41.4. The molecule has 1 N–H and O–H groups in total. The lowest BCUT2D eigenvalue weighted by Gasteiger charge is -2.35. The van der Waals surface area contributed by atoms with Gasteiger partial charge in [-0.1, -0.05) is 0 Å². The van der Waals surface area contributed by atoms with Crippen LogP contribution in [0.1, 0.15) is 31.2 Å². The van der Waals surface area contributed by atoms with Gasteiger partial charge in [0.15, 0.2) is 0 Å². The molecule has 2 unspecified atom stereocenters. The Morgan fingerprint density at radius 3 is 2.50 bits per heavy atom. The molecule has 0 amide bonds. The molecule has 0 radical (unpaired) electrons. The Morgan fingerprint density at radius 2 is 1.83 bits per heavy atom. The van der Waals surface area contributed by atoms with Crippen LogP contribution >= 0.6 is 0 Å². The Bertz CT molecular complexity index is 448. The van der Waals surface area contributed by atoms with Crippen molar-refractivity contribution >= 4 is 0 Å². The largest absolute Gasteiger partial charge is 0.311 e. The standard InChI is InChI=1S/C14H16F3N/c15-10-1-4-13(16)9(5-10)6-14(17)7-11-2-3-12(8-14)18-11/h1,4-5,11-12,18H,2-3,6-8H2. The first-order valence-corrected chi connectivity index (χ1v) is 6.43. The summed E-state index contributed by atoms with van der Waals surface area (Å²) in [5.41, 5.74) is -1.25. The fourth-order valence-corrected chi connectivity index (χ4v) is 3.36. The Hall–Kier alpha value is -1.03. The summed E-state index contributed by atoms with van der Waals surface area (Å²) in [6.07, 6.45) is 2.76. The van der Waals surface area contributed by atoms with Crippen LogP contribution in [-0.4, -0.2) is 17.8 Å². The van der Waals surface area contributed by atoms with Crippen LogP contribution in [0.15, 0.2) is 18.2 Å². The molecule has 2 saturated heterocycles. The van der Waals surface area contributed by atoms with E-state index in [-0.39, 0.29) is 24.1 Å². The van der Waals surface area contributed by atoms with Gasteiger partial charge in [-0.05, 0) is 49.4 Å². The monoisotopic (exact) mass is 255 g/mol. The summed E-state index contributed by atoms with van der Waals surface area (Å²) in [4.78, 5) is 0. The third-order valence-electron chi connectivity index (χ3n) is 4.07. The molecular weight excluding hydrogens is 239 g/mol. The van der Waals surface area contributed by atoms with Crippen LogP contribution in [0.4, 0.5) is 13.2 Å². The maximum Gasteiger partial charge on any atom is 0.126 e. The molecule has 2 bridgehead atoms. The first kappa shape index (κ1) is 12.0. The number of benzene rings is 1. The lowest BCUT2D eigenvalue weighted by atomic mass is 9.84. The van der Waals surface area contributed by atoms with Crippen molar-refractivity contribution in [3.8, 4) is 0 Å². The first-order chi connectivity index (χ1) is 8.54. The van der Waals surface area contributed by atoms with Crippen LogP contribution in [-0.2, 0) is 6.42 Å². The molecule has 2 atom stereocenters. The average molecular weight is 255 g/mol. The van der Waals surface area contributed by atoms with Crippen LogP contribution in [0.25, 0.3) is 0 Å². The highest BCUT2D eigenvalue weighted by Gasteiger charge is 2.44. The molecule has 1 aromatic rings. The number of nitrogens with one attached hydrogen (secondary N) is 1. The summed E-state index contributed by atoms with van der Waals surface area (Å²) in [6, 6.07) is 3.65. The van der Waals surface area contributed by atoms with E-state index < -0.39 is 17.3 Å². The quantitative estimate of drug-likeness (QED) is 0.856. The van der Waals surface area contributed by atoms with E-state index in [4.69, 9.17) is 0 Å². The minimum Gasteiger partial charge on any atom is -0.311 e. The predicted octanol–water partition coefficient (Wildman–Crippen LogP) is 3.13. The van der Waals surface area contributed by atoms with Crippen molar-refractivity contribution in [3.63, 3.8) is 0 Å². The van der Waals surface area contributed by atoms with Crippen LogP contribution in [0.2, 0.25) is 0 Å². The van der Waals surface area contributed by atoms with E-state index in [1.54, 1.807) is 0 Å².